The van der Waals surface area contributed by atoms with Gasteiger partial charge in [-0.25, -0.2) is 9.18 Å². The molecule has 0 radical (unpaired) electrons. The smallest absolute Gasteiger partial charge is 0.343 e. The number of nitrogens with zero attached hydrogens (tertiary/aromatic N) is 1. The summed E-state index contributed by atoms with van der Waals surface area (Å²) in [6.45, 7) is 1.96. The molecule has 4 rings (SSSR count). The highest BCUT2D eigenvalue weighted by atomic mass is 79.9. The summed E-state index contributed by atoms with van der Waals surface area (Å²) in [5, 5.41) is -0.427. The lowest BCUT2D eigenvalue weighted by Gasteiger charge is -2.12. The lowest BCUT2D eigenvalue weighted by Crippen LogP contribution is -2.27. The number of esters is 1. The summed E-state index contributed by atoms with van der Waals surface area (Å²) in [4.78, 5) is 39.2. The molecule has 5 nitrogen and oxygen atoms in total. The first kappa shape index (κ1) is 22.9. The molecule has 0 aliphatic carbocycles. The van der Waals surface area contributed by atoms with E-state index in [4.69, 9.17) is 4.74 Å². The van der Waals surface area contributed by atoms with Crippen molar-refractivity contribution >= 4 is 50.9 Å². The monoisotopic (exact) mass is 525 g/mol. The minimum absolute atomic E-state index is 0.0377. The summed E-state index contributed by atoms with van der Waals surface area (Å²) in [5.41, 5.74) is 2.52. The van der Waals surface area contributed by atoms with E-state index in [1.807, 2.05) is 19.1 Å². The predicted molar refractivity (Wildman–Crippen MR) is 128 cm³/mol. The summed E-state index contributed by atoms with van der Waals surface area (Å²) < 4.78 is 19.4. The van der Waals surface area contributed by atoms with E-state index in [1.165, 1.54) is 30.3 Å². The van der Waals surface area contributed by atoms with Crippen LogP contribution in [0, 0.1) is 12.7 Å². The lowest BCUT2D eigenvalue weighted by molar-refractivity contribution is -0.123. The van der Waals surface area contributed by atoms with Gasteiger partial charge in [-0.1, -0.05) is 45.8 Å². The first-order chi connectivity index (χ1) is 15.8. The zero-order valence-corrected chi connectivity index (χ0v) is 19.8. The van der Waals surface area contributed by atoms with Crippen LogP contribution in [0.2, 0.25) is 0 Å². The van der Waals surface area contributed by atoms with Crippen LogP contribution < -0.4 is 4.74 Å². The highest BCUT2D eigenvalue weighted by molar-refractivity contribution is 9.10. The Balaban J connectivity index is 1.58. The Labute approximate surface area is 202 Å². The molecule has 0 aromatic heterocycles. The number of halogens is 2. The molecule has 1 saturated heterocycles. The zero-order chi connectivity index (χ0) is 23.5. The normalized spacial score (nSPS) is 14.8. The van der Waals surface area contributed by atoms with Gasteiger partial charge in [-0.2, -0.15) is 0 Å². The average molecular weight is 526 g/mol. The molecular formula is C25H17BrFNO4S. The van der Waals surface area contributed by atoms with E-state index in [1.54, 1.807) is 30.3 Å². The fourth-order valence-corrected chi connectivity index (χ4v) is 4.33. The van der Waals surface area contributed by atoms with Crippen LogP contribution in [-0.2, 0) is 11.3 Å². The lowest BCUT2D eigenvalue weighted by atomic mass is 10.1. The third-order valence-electron chi connectivity index (χ3n) is 4.88. The maximum absolute atomic E-state index is 13.1. The van der Waals surface area contributed by atoms with Gasteiger partial charge in [0.15, 0.2) is 0 Å². The predicted octanol–water partition coefficient (Wildman–Crippen LogP) is 6.35. The maximum atomic E-state index is 13.1. The Morgan fingerprint density at radius 1 is 1.06 bits per heavy atom. The molecule has 166 valence electrons. The van der Waals surface area contributed by atoms with E-state index in [0.29, 0.717) is 16.7 Å². The molecule has 0 unspecified atom stereocenters. The van der Waals surface area contributed by atoms with Gasteiger partial charge in [0.25, 0.3) is 11.1 Å². The molecule has 3 aromatic rings. The summed E-state index contributed by atoms with van der Waals surface area (Å²) >= 11 is 4.18. The van der Waals surface area contributed by atoms with Crippen molar-refractivity contribution in [3.63, 3.8) is 0 Å². The van der Waals surface area contributed by atoms with Crippen LogP contribution in [0.3, 0.4) is 0 Å². The molecule has 2 amide bonds. The van der Waals surface area contributed by atoms with Gasteiger partial charge >= 0.3 is 5.97 Å². The number of thioether (sulfide) groups is 1. The molecule has 1 heterocycles. The largest absolute Gasteiger partial charge is 0.422 e. The van der Waals surface area contributed by atoms with E-state index in [0.717, 1.165) is 26.7 Å². The molecule has 0 bridgehead atoms. The van der Waals surface area contributed by atoms with E-state index in [-0.39, 0.29) is 17.2 Å². The molecule has 0 N–H and O–H groups in total. The number of imide groups is 1. The standard InChI is InChI=1S/C25H17BrFNO4S/c1-15-2-6-17(7-3-15)24(30)32-21-11-8-19(26)12-18(21)13-22-23(29)28(25(31)33-22)14-16-4-9-20(27)10-5-16/h2-13H,14H2,1H3/b22-13-. The summed E-state index contributed by atoms with van der Waals surface area (Å²) in [6, 6.07) is 17.6. The minimum Gasteiger partial charge on any atom is -0.422 e. The second-order valence-electron chi connectivity index (χ2n) is 7.33. The Bertz CT molecular complexity index is 1270. The van der Waals surface area contributed by atoms with Gasteiger partial charge in [0.2, 0.25) is 0 Å². The third kappa shape index (κ3) is 5.40. The van der Waals surface area contributed by atoms with Crippen LogP contribution in [0.1, 0.15) is 27.0 Å². The van der Waals surface area contributed by atoms with Crippen molar-refractivity contribution < 1.29 is 23.5 Å². The van der Waals surface area contributed by atoms with Crippen LogP contribution in [0.5, 0.6) is 5.75 Å². The van der Waals surface area contributed by atoms with Gasteiger partial charge in [-0.15, -0.1) is 0 Å². The minimum atomic E-state index is -0.531. The first-order valence-corrected chi connectivity index (χ1v) is 11.5. The molecule has 1 aliphatic heterocycles. The van der Waals surface area contributed by atoms with E-state index >= 15 is 0 Å². The summed E-state index contributed by atoms with van der Waals surface area (Å²) in [7, 11) is 0. The fraction of sp³-hybridized carbons (Fsp3) is 0.0800. The SMILES string of the molecule is Cc1ccc(C(=O)Oc2ccc(Br)cc2/C=C2\SC(=O)N(Cc3ccc(F)cc3)C2=O)cc1. The number of aryl methyl sites for hydroxylation is 1. The molecule has 0 saturated carbocycles. The Morgan fingerprint density at radius 3 is 2.45 bits per heavy atom. The second kappa shape index (κ2) is 9.72. The number of rotatable bonds is 5. The number of hydrogen-bond donors (Lipinski definition) is 0. The van der Waals surface area contributed by atoms with Crippen molar-refractivity contribution in [3.8, 4) is 5.75 Å². The van der Waals surface area contributed by atoms with Crippen LogP contribution >= 0.6 is 27.7 Å². The van der Waals surface area contributed by atoms with Gasteiger partial charge < -0.3 is 4.74 Å². The molecule has 0 spiro atoms. The topological polar surface area (TPSA) is 63.7 Å². The van der Waals surface area contributed by atoms with Crippen molar-refractivity contribution in [2.75, 3.05) is 0 Å². The Kier molecular flexibility index (Phi) is 6.76. The number of carbonyl (C=O) groups excluding carboxylic acids is 3. The molecule has 8 heteroatoms. The third-order valence-corrected chi connectivity index (χ3v) is 6.28. The maximum Gasteiger partial charge on any atom is 0.343 e. The van der Waals surface area contributed by atoms with Crippen molar-refractivity contribution in [3.05, 3.63) is 104 Å². The van der Waals surface area contributed by atoms with Gasteiger partial charge in [-0.3, -0.25) is 14.5 Å². The van der Waals surface area contributed by atoms with Gasteiger partial charge in [0.1, 0.15) is 11.6 Å². The summed E-state index contributed by atoms with van der Waals surface area (Å²) in [6.07, 6.45) is 1.53. The summed E-state index contributed by atoms with van der Waals surface area (Å²) in [5.74, 6) is -1.13. The highest BCUT2D eigenvalue weighted by Crippen LogP contribution is 2.36. The molecule has 1 fully saturated rings. The van der Waals surface area contributed by atoms with Gasteiger partial charge in [0.05, 0.1) is 17.0 Å². The number of carbonyl (C=O) groups is 3. The van der Waals surface area contributed by atoms with Crippen LogP contribution in [0.15, 0.2) is 76.1 Å². The quantitative estimate of drug-likeness (QED) is 0.220. The Morgan fingerprint density at radius 2 is 1.76 bits per heavy atom. The van der Waals surface area contributed by atoms with E-state index in [9.17, 15) is 18.8 Å². The van der Waals surface area contributed by atoms with Crippen LogP contribution in [-0.4, -0.2) is 22.0 Å². The first-order valence-electron chi connectivity index (χ1n) is 9.88. The van der Waals surface area contributed by atoms with E-state index in [2.05, 4.69) is 15.9 Å². The Hall–Kier alpha value is -3.23. The van der Waals surface area contributed by atoms with Crippen molar-refractivity contribution in [2.45, 2.75) is 13.5 Å². The van der Waals surface area contributed by atoms with Crippen molar-refractivity contribution in [1.82, 2.24) is 4.90 Å². The van der Waals surface area contributed by atoms with Gasteiger partial charge in [0, 0.05) is 10.0 Å². The number of ether oxygens (including phenoxy) is 1. The van der Waals surface area contributed by atoms with Crippen molar-refractivity contribution in [1.29, 1.82) is 0 Å². The number of amides is 2. The average Bonchev–Trinajstić information content (AvgIpc) is 3.05. The highest BCUT2D eigenvalue weighted by Gasteiger charge is 2.35. The van der Waals surface area contributed by atoms with E-state index < -0.39 is 22.9 Å². The molecule has 1 aliphatic rings. The molecular weight excluding hydrogens is 509 g/mol. The van der Waals surface area contributed by atoms with Gasteiger partial charge in [-0.05, 0) is 72.8 Å². The zero-order valence-electron chi connectivity index (χ0n) is 17.4. The number of benzene rings is 3. The fourth-order valence-electron chi connectivity index (χ4n) is 3.12. The van der Waals surface area contributed by atoms with Crippen molar-refractivity contribution in [2.24, 2.45) is 0 Å². The van der Waals surface area contributed by atoms with Crippen LogP contribution in [0.4, 0.5) is 9.18 Å². The molecule has 33 heavy (non-hydrogen) atoms. The second-order valence-corrected chi connectivity index (χ2v) is 9.24. The molecule has 3 aromatic carbocycles. The van der Waals surface area contributed by atoms with Crippen LogP contribution in [0.25, 0.3) is 6.08 Å². The molecule has 0 atom stereocenters. The number of hydrogen-bond acceptors (Lipinski definition) is 5.